The molecule has 3 unspecified atom stereocenters. The summed E-state index contributed by atoms with van der Waals surface area (Å²) < 4.78 is 71.4. The molecule has 3 saturated heterocycles. The first-order valence-electron chi connectivity index (χ1n) is 16.0. The zero-order valence-electron chi connectivity index (χ0n) is 29.4. The molecule has 3 fully saturated rings. The van der Waals surface area contributed by atoms with Crippen LogP contribution in [0.1, 0.15) is 6.23 Å². The van der Waals surface area contributed by atoms with Gasteiger partial charge in [0.2, 0.25) is 5.95 Å². The van der Waals surface area contributed by atoms with Crippen molar-refractivity contribution in [2.75, 3.05) is 45.6 Å². The van der Waals surface area contributed by atoms with Crippen molar-refractivity contribution < 1.29 is 107 Å². The van der Waals surface area contributed by atoms with Crippen molar-refractivity contribution >= 4 is 32.8 Å². The predicted octanol–water partition coefficient (Wildman–Crippen LogP) is -6.49. The second-order valence-corrected chi connectivity index (χ2v) is 15.2. The number of nitrogens with two attached hydrogens (primary N) is 1. The van der Waals surface area contributed by atoms with Crippen LogP contribution in [0.3, 0.4) is 0 Å². The van der Waals surface area contributed by atoms with Crippen LogP contribution in [0.2, 0.25) is 0 Å². The molecule has 0 amide bonds. The van der Waals surface area contributed by atoms with Crippen molar-refractivity contribution in [2.45, 2.75) is 86.0 Å². The summed E-state index contributed by atoms with van der Waals surface area (Å²) >= 11 is 0. The Balaban J connectivity index is 0.00000435. The molecule has 0 saturated carbocycles. The molecule has 330 valence electrons. The number of ether oxygens (including phenoxy) is 6. The number of phosphoric ester groups is 2. The number of fused-ring (bicyclic) bond motifs is 1. The van der Waals surface area contributed by atoms with E-state index in [0.717, 1.165) is 10.9 Å². The smallest absolute Gasteiger partial charge is 0.394 e. The lowest BCUT2D eigenvalue weighted by Gasteiger charge is -2.40. The fourth-order valence-electron chi connectivity index (χ4n) is 5.59. The third-order valence-corrected chi connectivity index (χ3v) is 10.9. The highest BCUT2D eigenvalue weighted by molar-refractivity contribution is 7.61. The SMILES string of the molecule is N.N.Nc1nc2c(ncn2[C@@H]2O[C@H](COP(=O)(O)OP(=O)(O)OC3O[C@@H](COCOC[C@H]4O[C@@H](OCCO)[C@H](O)[C@@H](O)[C@H]4O)[C@@H](O)[C@@H](O)[C@@H]3O)[C@@H](O)[C@H]2O)c(=O)[nH]1. The molecule has 20 N–H and O–H groups in total. The summed E-state index contributed by atoms with van der Waals surface area (Å²) in [6.45, 7) is -3.42. The molecule has 57 heavy (non-hydrogen) atoms. The Morgan fingerprint density at radius 3 is 1.91 bits per heavy atom. The van der Waals surface area contributed by atoms with Gasteiger partial charge in [-0.05, 0) is 0 Å². The van der Waals surface area contributed by atoms with Gasteiger partial charge < -0.3 is 102 Å². The molecule has 0 radical (unpaired) electrons. The molecule has 5 heterocycles. The minimum atomic E-state index is -5.75. The Morgan fingerprint density at radius 2 is 1.32 bits per heavy atom. The zero-order valence-corrected chi connectivity index (χ0v) is 31.2. The summed E-state index contributed by atoms with van der Waals surface area (Å²) in [6, 6.07) is 0. The number of hydrogen-bond acceptors (Lipinski definition) is 26. The first-order valence-corrected chi connectivity index (χ1v) is 19.0. The van der Waals surface area contributed by atoms with Gasteiger partial charge in [-0.3, -0.25) is 23.4 Å². The van der Waals surface area contributed by atoms with Gasteiger partial charge in [-0.15, -0.1) is 0 Å². The maximum absolute atomic E-state index is 12.7. The molecule has 2 aromatic rings. The quantitative estimate of drug-likeness (QED) is 0.0399. The Hall–Kier alpha value is -2.27. The van der Waals surface area contributed by atoms with Crippen molar-refractivity contribution in [3.05, 3.63) is 16.7 Å². The lowest BCUT2D eigenvalue weighted by molar-refractivity contribution is -0.307. The lowest BCUT2D eigenvalue weighted by atomic mass is 9.99. The highest BCUT2D eigenvalue weighted by Crippen LogP contribution is 2.61. The first-order chi connectivity index (χ1) is 25.8. The summed E-state index contributed by atoms with van der Waals surface area (Å²) in [4.78, 5) is 42.4. The Bertz CT molecular complexity index is 1740. The number of nitrogens with zero attached hydrogens (tertiary/aromatic N) is 3. The van der Waals surface area contributed by atoms with E-state index in [1.54, 1.807) is 0 Å². The number of aromatic amines is 1. The molecular formula is C25H47N7O23P2. The number of rotatable bonds is 17. The van der Waals surface area contributed by atoms with Gasteiger partial charge in [-0.2, -0.15) is 9.29 Å². The largest absolute Gasteiger partial charge is 0.483 e. The van der Waals surface area contributed by atoms with Crippen LogP contribution in [-0.2, 0) is 50.9 Å². The molecule has 3 aliphatic heterocycles. The van der Waals surface area contributed by atoms with Crippen LogP contribution >= 0.6 is 15.6 Å². The standard InChI is InChI=1S/C25H41N5O23P2.2H3N/c26-25-28-20-11(21(40)29-25)27-6-30(20)22-17(37)14(34)10(49-22)5-48-54(41,42)53-55(43,44)52-24-19(39)16(36)13(33)9(51-24)4-46-7-45-3-8-12(32)15(35)18(38)23(50-8)47-2-1-31;;/h6,8-10,12-19,22-24,31-39H,1-5,7H2,(H,41,42)(H,43,44)(H3,26,28,29,40);2*1H3/t8-,9+,10-,12+,13-,14-,15+,16-,17-,18-,19+,22-,23-,24?;;/m1../s1. The van der Waals surface area contributed by atoms with E-state index in [2.05, 4.69) is 28.3 Å². The van der Waals surface area contributed by atoms with Crippen molar-refractivity contribution in [3.8, 4) is 0 Å². The Labute approximate surface area is 319 Å². The molecule has 5 rings (SSSR count). The molecule has 16 atom stereocenters. The third kappa shape index (κ3) is 11.5. The van der Waals surface area contributed by atoms with Gasteiger partial charge in [0, 0.05) is 0 Å². The number of phosphoric acid groups is 2. The van der Waals surface area contributed by atoms with Crippen LogP contribution in [0.5, 0.6) is 0 Å². The molecule has 3 aliphatic rings. The minimum absolute atomic E-state index is 0. The fraction of sp³-hybridized carbons (Fsp3) is 0.800. The van der Waals surface area contributed by atoms with E-state index >= 15 is 0 Å². The molecule has 0 spiro atoms. The van der Waals surface area contributed by atoms with Gasteiger partial charge in [-0.1, -0.05) is 0 Å². The van der Waals surface area contributed by atoms with Gasteiger partial charge in [-0.25, -0.2) is 14.1 Å². The van der Waals surface area contributed by atoms with Gasteiger partial charge in [0.1, 0.15) is 73.9 Å². The Morgan fingerprint density at radius 1 is 0.772 bits per heavy atom. The van der Waals surface area contributed by atoms with Gasteiger partial charge >= 0.3 is 15.6 Å². The zero-order chi connectivity index (χ0) is 40.4. The van der Waals surface area contributed by atoms with E-state index in [4.69, 9.17) is 39.3 Å². The summed E-state index contributed by atoms with van der Waals surface area (Å²) in [5, 5.41) is 91.0. The normalized spacial score (nSPS) is 36.5. The predicted molar refractivity (Wildman–Crippen MR) is 179 cm³/mol. The van der Waals surface area contributed by atoms with Crippen molar-refractivity contribution in [3.63, 3.8) is 0 Å². The molecule has 0 aliphatic carbocycles. The Kier molecular flexibility index (Phi) is 17.5. The molecule has 2 aromatic heterocycles. The van der Waals surface area contributed by atoms with E-state index in [1.165, 1.54) is 0 Å². The molecular weight excluding hydrogens is 828 g/mol. The van der Waals surface area contributed by atoms with E-state index in [1.807, 2.05) is 0 Å². The minimum Gasteiger partial charge on any atom is -0.394 e. The van der Waals surface area contributed by atoms with E-state index in [0.29, 0.717) is 0 Å². The molecule has 32 heteroatoms. The maximum Gasteiger partial charge on any atom is 0.483 e. The van der Waals surface area contributed by atoms with E-state index in [-0.39, 0.29) is 36.0 Å². The number of aliphatic hydroxyl groups is 9. The van der Waals surface area contributed by atoms with Gasteiger partial charge in [0.25, 0.3) is 5.56 Å². The van der Waals surface area contributed by atoms with Crippen LogP contribution in [0, 0.1) is 0 Å². The average Bonchev–Trinajstić information content (AvgIpc) is 3.66. The van der Waals surface area contributed by atoms with Crippen LogP contribution < -0.4 is 23.6 Å². The number of imidazole rings is 1. The number of nitrogens with one attached hydrogen (secondary N) is 1. The van der Waals surface area contributed by atoms with E-state index < -0.39 is 140 Å². The third-order valence-electron chi connectivity index (χ3n) is 8.35. The van der Waals surface area contributed by atoms with Crippen LogP contribution in [0.4, 0.5) is 5.95 Å². The molecule has 0 bridgehead atoms. The highest BCUT2D eigenvalue weighted by atomic mass is 31.3. The number of anilines is 1. The van der Waals surface area contributed by atoms with Crippen LogP contribution in [0.15, 0.2) is 11.1 Å². The van der Waals surface area contributed by atoms with Crippen molar-refractivity contribution in [1.29, 1.82) is 0 Å². The second kappa shape index (κ2) is 20.3. The number of aromatic nitrogens is 4. The highest BCUT2D eigenvalue weighted by Gasteiger charge is 2.50. The first kappa shape index (κ1) is 49.1. The topological polar surface area (TPSA) is 499 Å². The molecule has 0 aromatic carbocycles. The fourth-order valence-corrected chi connectivity index (χ4v) is 7.75. The summed E-state index contributed by atoms with van der Waals surface area (Å²) in [5.74, 6) is -0.303. The van der Waals surface area contributed by atoms with Gasteiger partial charge in [0.15, 0.2) is 30.0 Å². The van der Waals surface area contributed by atoms with Crippen LogP contribution in [-0.4, -0.2) is 195 Å². The summed E-state index contributed by atoms with van der Waals surface area (Å²) in [6.07, 6.45) is -23.3. The molecule has 30 nitrogen and oxygen atoms in total. The van der Waals surface area contributed by atoms with Gasteiger partial charge in [0.05, 0.1) is 39.4 Å². The average molecular weight is 876 g/mol. The number of aliphatic hydroxyl groups excluding tert-OH is 9. The summed E-state index contributed by atoms with van der Waals surface area (Å²) in [5.41, 5.74) is 4.50. The number of hydrogen-bond donors (Lipinski definition) is 15. The maximum atomic E-state index is 12.7. The lowest BCUT2D eigenvalue weighted by Crippen LogP contribution is -2.59. The van der Waals surface area contributed by atoms with E-state index in [9.17, 15) is 64.6 Å². The number of H-pyrrole nitrogens is 1. The second-order valence-electron chi connectivity index (χ2n) is 12.2. The van der Waals surface area contributed by atoms with Crippen molar-refractivity contribution in [1.82, 2.24) is 31.8 Å². The van der Waals surface area contributed by atoms with Crippen LogP contribution in [0.25, 0.3) is 11.2 Å². The van der Waals surface area contributed by atoms with Crippen molar-refractivity contribution in [2.24, 2.45) is 0 Å². The monoisotopic (exact) mass is 875 g/mol. The number of nitrogen functional groups attached to an aromatic ring is 1. The summed E-state index contributed by atoms with van der Waals surface area (Å²) in [7, 11) is -11.4.